The van der Waals surface area contributed by atoms with Gasteiger partial charge in [-0.3, -0.25) is 4.79 Å². The molecular formula is C18H17ClN2O4. The second-order valence-electron chi connectivity index (χ2n) is 5.70. The number of methoxy groups -OCH3 is 1. The average molecular weight is 361 g/mol. The summed E-state index contributed by atoms with van der Waals surface area (Å²) in [6.07, 6.45) is 0. The van der Waals surface area contributed by atoms with E-state index < -0.39 is 5.97 Å². The fourth-order valence-electron chi connectivity index (χ4n) is 2.62. The molecule has 2 aromatic carbocycles. The van der Waals surface area contributed by atoms with Gasteiger partial charge in [0.2, 0.25) is 5.91 Å². The molecule has 1 aliphatic heterocycles. The first-order valence-corrected chi connectivity index (χ1v) is 8.04. The topological polar surface area (TPSA) is 67.9 Å². The number of ether oxygens (including phenoxy) is 2. The molecule has 1 heterocycles. The molecule has 0 aliphatic carbocycles. The van der Waals surface area contributed by atoms with Gasteiger partial charge in [-0.1, -0.05) is 17.7 Å². The molecule has 0 aromatic heterocycles. The molecule has 0 radical (unpaired) electrons. The lowest BCUT2D eigenvalue weighted by Gasteiger charge is -2.29. The van der Waals surface area contributed by atoms with Crippen LogP contribution in [-0.2, 0) is 9.59 Å². The highest BCUT2D eigenvalue weighted by atomic mass is 35.5. The number of amides is 1. The zero-order valence-corrected chi connectivity index (χ0v) is 14.6. The molecule has 0 saturated carbocycles. The van der Waals surface area contributed by atoms with E-state index in [4.69, 9.17) is 21.1 Å². The molecule has 1 amide bonds. The number of fused-ring (bicyclic) bond motifs is 1. The Morgan fingerprint density at radius 2 is 2.12 bits per heavy atom. The van der Waals surface area contributed by atoms with Crippen LogP contribution in [-0.4, -0.2) is 32.1 Å². The molecule has 0 atom stereocenters. The van der Waals surface area contributed by atoms with Crippen molar-refractivity contribution >= 4 is 34.9 Å². The molecule has 25 heavy (non-hydrogen) atoms. The zero-order chi connectivity index (χ0) is 18.0. The van der Waals surface area contributed by atoms with Crippen LogP contribution in [0.2, 0.25) is 5.02 Å². The number of rotatable bonds is 4. The van der Waals surface area contributed by atoms with Gasteiger partial charge in [0.15, 0.2) is 5.75 Å². The van der Waals surface area contributed by atoms with E-state index in [1.807, 2.05) is 19.1 Å². The quantitative estimate of drug-likeness (QED) is 0.670. The molecule has 7 heteroatoms. The number of carbonyl (C=O) groups excluding carboxylic acids is 2. The van der Waals surface area contributed by atoms with Crippen molar-refractivity contribution < 1.29 is 19.1 Å². The van der Waals surface area contributed by atoms with E-state index in [-0.39, 0.29) is 19.0 Å². The summed E-state index contributed by atoms with van der Waals surface area (Å²) in [6.45, 7) is 1.95. The van der Waals surface area contributed by atoms with Crippen molar-refractivity contribution in [3.63, 3.8) is 0 Å². The summed E-state index contributed by atoms with van der Waals surface area (Å²) < 4.78 is 10.3. The Morgan fingerprint density at radius 3 is 2.84 bits per heavy atom. The second-order valence-corrected chi connectivity index (χ2v) is 6.11. The Bertz CT molecular complexity index is 838. The van der Waals surface area contributed by atoms with E-state index in [0.29, 0.717) is 27.9 Å². The number of esters is 1. The maximum Gasteiger partial charge on any atom is 0.331 e. The van der Waals surface area contributed by atoms with Gasteiger partial charge in [0, 0.05) is 5.69 Å². The van der Waals surface area contributed by atoms with E-state index in [0.717, 1.165) is 5.56 Å². The van der Waals surface area contributed by atoms with Crippen LogP contribution in [0.3, 0.4) is 0 Å². The standard InChI is InChI=1S/C18H17ClN2O4/c1-11-3-5-14-16(7-11)25-18(23)10-21(14)9-17(22)20-12-4-6-15(24-2)13(19)8-12/h3-8H,9-10H2,1-2H3,(H,20,22). The molecule has 0 saturated heterocycles. The van der Waals surface area contributed by atoms with Gasteiger partial charge < -0.3 is 19.7 Å². The van der Waals surface area contributed by atoms with Crippen LogP contribution in [0, 0.1) is 6.92 Å². The van der Waals surface area contributed by atoms with Crippen molar-refractivity contribution in [2.45, 2.75) is 6.92 Å². The lowest BCUT2D eigenvalue weighted by atomic mass is 10.1. The Hall–Kier alpha value is -2.73. The highest BCUT2D eigenvalue weighted by Gasteiger charge is 2.25. The van der Waals surface area contributed by atoms with Gasteiger partial charge in [-0.25, -0.2) is 4.79 Å². The Morgan fingerprint density at radius 1 is 1.32 bits per heavy atom. The van der Waals surface area contributed by atoms with Gasteiger partial charge in [0.25, 0.3) is 0 Å². The minimum Gasteiger partial charge on any atom is -0.495 e. The number of halogens is 1. The summed E-state index contributed by atoms with van der Waals surface area (Å²) in [7, 11) is 1.52. The van der Waals surface area contributed by atoms with E-state index in [1.54, 1.807) is 29.2 Å². The first-order valence-electron chi connectivity index (χ1n) is 7.66. The molecule has 6 nitrogen and oxygen atoms in total. The summed E-state index contributed by atoms with van der Waals surface area (Å²) in [4.78, 5) is 25.8. The molecule has 3 rings (SSSR count). The maximum absolute atomic E-state index is 12.4. The minimum atomic E-state index is -0.390. The minimum absolute atomic E-state index is 0.0207. The van der Waals surface area contributed by atoms with Gasteiger partial charge >= 0.3 is 5.97 Å². The molecule has 1 aliphatic rings. The maximum atomic E-state index is 12.4. The summed E-state index contributed by atoms with van der Waals surface area (Å²) in [5, 5.41) is 3.17. The van der Waals surface area contributed by atoms with Gasteiger partial charge in [0.1, 0.15) is 12.3 Å². The molecular weight excluding hydrogens is 344 g/mol. The van der Waals surface area contributed by atoms with Crippen LogP contribution >= 0.6 is 11.6 Å². The summed E-state index contributed by atoms with van der Waals surface area (Å²) in [6, 6.07) is 10.5. The predicted octanol–water partition coefficient (Wildman–Crippen LogP) is 3.02. The summed E-state index contributed by atoms with van der Waals surface area (Å²) in [5.74, 6) is 0.347. The lowest BCUT2D eigenvalue weighted by Crippen LogP contribution is -2.41. The Labute approximate surface area is 150 Å². The van der Waals surface area contributed by atoms with Crippen LogP contribution in [0.5, 0.6) is 11.5 Å². The SMILES string of the molecule is COc1ccc(NC(=O)CN2CC(=O)Oc3cc(C)ccc32)cc1Cl. The Kier molecular flexibility index (Phi) is 4.81. The van der Waals surface area contributed by atoms with E-state index in [2.05, 4.69) is 5.32 Å². The highest BCUT2D eigenvalue weighted by molar-refractivity contribution is 6.32. The number of benzene rings is 2. The average Bonchev–Trinajstić information content (AvgIpc) is 2.54. The number of hydrogen-bond acceptors (Lipinski definition) is 5. The van der Waals surface area contributed by atoms with Gasteiger partial charge in [-0.05, 0) is 42.8 Å². The van der Waals surface area contributed by atoms with Crippen molar-refractivity contribution in [2.75, 3.05) is 30.4 Å². The number of anilines is 2. The first kappa shape index (κ1) is 17.1. The monoisotopic (exact) mass is 360 g/mol. The number of carbonyl (C=O) groups is 2. The van der Waals surface area contributed by atoms with Gasteiger partial charge in [0.05, 0.1) is 24.4 Å². The van der Waals surface area contributed by atoms with Gasteiger partial charge in [-0.15, -0.1) is 0 Å². The molecule has 0 unspecified atom stereocenters. The van der Waals surface area contributed by atoms with E-state index in [9.17, 15) is 9.59 Å². The Balaban J connectivity index is 1.73. The summed E-state index contributed by atoms with van der Waals surface area (Å²) >= 11 is 6.06. The molecule has 0 fully saturated rings. The van der Waals surface area contributed by atoms with Gasteiger partial charge in [-0.2, -0.15) is 0 Å². The molecule has 1 N–H and O–H groups in total. The second kappa shape index (κ2) is 7.03. The van der Waals surface area contributed by atoms with E-state index in [1.165, 1.54) is 7.11 Å². The molecule has 0 bridgehead atoms. The number of aryl methyl sites for hydroxylation is 1. The fraction of sp³-hybridized carbons (Fsp3) is 0.222. The van der Waals surface area contributed by atoms with Crippen molar-refractivity contribution in [3.05, 3.63) is 47.0 Å². The molecule has 2 aromatic rings. The molecule has 0 spiro atoms. The zero-order valence-electron chi connectivity index (χ0n) is 13.8. The normalized spacial score (nSPS) is 13.1. The van der Waals surface area contributed by atoms with Crippen LogP contribution in [0.15, 0.2) is 36.4 Å². The number of hydrogen-bond donors (Lipinski definition) is 1. The fourth-order valence-corrected chi connectivity index (χ4v) is 2.88. The van der Waals surface area contributed by atoms with Crippen LogP contribution in [0.25, 0.3) is 0 Å². The smallest absolute Gasteiger partial charge is 0.331 e. The van der Waals surface area contributed by atoms with Crippen LogP contribution in [0.1, 0.15) is 5.56 Å². The van der Waals surface area contributed by atoms with Crippen molar-refractivity contribution in [2.24, 2.45) is 0 Å². The van der Waals surface area contributed by atoms with Crippen LogP contribution in [0.4, 0.5) is 11.4 Å². The highest BCUT2D eigenvalue weighted by Crippen LogP contribution is 2.32. The van der Waals surface area contributed by atoms with Crippen molar-refractivity contribution in [1.82, 2.24) is 0 Å². The van der Waals surface area contributed by atoms with Crippen LogP contribution < -0.4 is 19.7 Å². The number of nitrogens with one attached hydrogen (secondary N) is 1. The van der Waals surface area contributed by atoms with E-state index >= 15 is 0 Å². The third-order valence-corrected chi connectivity index (χ3v) is 4.07. The number of nitrogens with zero attached hydrogens (tertiary/aromatic N) is 1. The third-order valence-electron chi connectivity index (χ3n) is 3.77. The predicted molar refractivity (Wildman–Crippen MR) is 95.7 cm³/mol. The first-order chi connectivity index (χ1) is 12.0. The largest absolute Gasteiger partial charge is 0.495 e. The third kappa shape index (κ3) is 3.85. The summed E-state index contributed by atoms with van der Waals surface area (Å²) in [5.41, 5.74) is 2.25. The lowest BCUT2D eigenvalue weighted by molar-refractivity contribution is -0.133. The molecule has 130 valence electrons. The van der Waals surface area contributed by atoms with Crippen molar-refractivity contribution in [1.29, 1.82) is 0 Å². The van der Waals surface area contributed by atoms with Crippen molar-refractivity contribution in [3.8, 4) is 11.5 Å².